The Balaban J connectivity index is 1.65. The van der Waals surface area contributed by atoms with Crippen molar-refractivity contribution in [1.82, 2.24) is 19.7 Å². The summed E-state index contributed by atoms with van der Waals surface area (Å²) in [6, 6.07) is 8.41. The molecule has 0 fully saturated rings. The Kier molecular flexibility index (Phi) is 4.88. The molecule has 1 aromatic carbocycles. The van der Waals surface area contributed by atoms with Crippen molar-refractivity contribution < 1.29 is 0 Å². The van der Waals surface area contributed by atoms with E-state index in [1.54, 1.807) is 11.3 Å². The molecule has 0 aliphatic rings. The molecule has 0 unspecified atom stereocenters. The van der Waals surface area contributed by atoms with Crippen LogP contribution in [0, 0.1) is 6.92 Å². The molecule has 0 atom stereocenters. The number of rotatable bonds is 6. The Morgan fingerprint density at radius 3 is 2.78 bits per heavy atom. The van der Waals surface area contributed by atoms with E-state index in [4.69, 9.17) is 4.98 Å². The molecule has 0 amide bonds. The van der Waals surface area contributed by atoms with Crippen LogP contribution in [0.1, 0.15) is 23.7 Å². The van der Waals surface area contributed by atoms with Crippen LogP contribution in [0.25, 0.3) is 10.6 Å². The SMILES string of the molecule is CCn1cc(CN(C)Cc2csc(-c3ccccc3C)n2)cn1. The van der Waals surface area contributed by atoms with Gasteiger partial charge >= 0.3 is 0 Å². The van der Waals surface area contributed by atoms with E-state index in [1.807, 2.05) is 10.9 Å². The van der Waals surface area contributed by atoms with E-state index in [9.17, 15) is 0 Å². The molecule has 4 nitrogen and oxygen atoms in total. The maximum atomic E-state index is 4.80. The van der Waals surface area contributed by atoms with Gasteiger partial charge in [0.25, 0.3) is 0 Å². The summed E-state index contributed by atoms with van der Waals surface area (Å²) in [5, 5.41) is 7.59. The zero-order valence-electron chi connectivity index (χ0n) is 13.9. The summed E-state index contributed by atoms with van der Waals surface area (Å²) < 4.78 is 1.96. The average Bonchev–Trinajstić information content (AvgIpc) is 3.17. The number of benzene rings is 1. The highest BCUT2D eigenvalue weighted by Crippen LogP contribution is 2.27. The summed E-state index contributed by atoms with van der Waals surface area (Å²) in [6.07, 6.45) is 4.05. The Bertz CT molecular complexity index is 775. The first-order valence-corrected chi connectivity index (χ1v) is 8.74. The predicted octanol–water partition coefficient (Wildman–Crippen LogP) is 3.97. The zero-order chi connectivity index (χ0) is 16.2. The summed E-state index contributed by atoms with van der Waals surface area (Å²) >= 11 is 1.72. The highest BCUT2D eigenvalue weighted by atomic mass is 32.1. The standard InChI is InChI=1S/C18H22N4S/c1-4-22-11-15(9-19-22)10-21(3)12-16-13-23-18(20-16)17-8-6-5-7-14(17)2/h5-9,11,13H,4,10,12H2,1-3H3. The van der Waals surface area contributed by atoms with Gasteiger partial charge in [0.05, 0.1) is 11.9 Å². The molecule has 0 radical (unpaired) electrons. The number of thiazole rings is 1. The van der Waals surface area contributed by atoms with Gasteiger partial charge < -0.3 is 0 Å². The van der Waals surface area contributed by atoms with Crippen LogP contribution in [0.4, 0.5) is 0 Å². The Labute approximate surface area is 141 Å². The molecule has 23 heavy (non-hydrogen) atoms. The molecule has 0 saturated heterocycles. The first-order chi connectivity index (χ1) is 11.2. The second-order valence-corrected chi connectivity index (χ2v) is 6.69. The third kappa shape index (κ3) is 3.86. The number of aromatic nitrogens is 3. The zero-order valence-corrected chi connectivity index (χ0v) is 14.7. The van der Waals surface area contributed by atoms with Crippen molar-refractivity contribution in [1.29, 1.82) is 0 Å². The lowest BCUT2D eigenvalue weighted by molar-refractivity contribution is 0.316. The molecule has 5 heteroatoms. The fourth-order valence-corrected chi connectivity index (χ4v) is 3.52. The molecule has 3 rings (SSSR count). The molecule has 0 N–H and O–H groups in total. The van der Waals surface area contributed by atoms with E-state index in [0.717, 1.165) is 30.3 Å². The average molecular weight is 326 g/mol. The van der Waals surface area contributed by atoms with Crippen molar-refractivity contribution in [3.63, 3.8) is 0 Å². The van der Waals surface area contributed by atoms with Gasteiger partial charge in [-0.2, -0.15) is 5.10 Å². The summed E-state index contributed by atoms with van der Waals surface area (Å²) in [4.78, 5) is 7.07. The summed E-state index contributed by atoms with van der Waals surface area (Å²) in [5.41, 5.74) is 4.87. The van der Waals surface area contributed by atoms with Gasteiger partial charge in [-0.1, -0.05) is 24.3 Å². The van der Waals surface area contributed by atoms with Crippen LogP contribution in [-0.4, -0.2) is 26.7 Å². The molecule has 0 spiro atoms. The normalized spacial score (nSPS) is 11.3. The van der Waals surface area contributed by atoms with E-state index in [1.165, 1.54) is 16.7 Å². The van der Waals surface area contributed by atoms with Gasteiger partial charge in [0, 0.05) is 42.3 Å². The van der Waals surface area contributed by atoms with E-state index in [-0.39, 0.29) is 0 Å². The van der Waals surface area contributed by atoms with Crippen molar-refractivity contribution in [2.75, 3.05) is 7.05 Å². The van der Waals surface area contributed by atoms with Crippen LogP contribution < -0.4 is 0 Å². The summed E-state index contributed by atoms with van der Waals surface area (Å²) in [6.45, 7) is 6.88. The molecule has 0 aliphatic heterocycles. The van der Waals surface area contributed by atoms with Gasteiger partial charge in [-0.05, 0) is 26.5 Å². The Hall–Kier alpha value is -1.98. The first kappa shape index (κ1) is 15.9. The van der Waals surface area contributed by atoms with Crippen molar-refractivity contribution in [3.05, 3.63) is 58.9 Å². The quantitative estimate of drug-likeness (QED) is 0.687. The van der Waals surface area contributed by atoms with E-state index >= 15 is 0 Å². The molecular formula is C18H22N4S. The second kappa shape index (κ2) is 7.06. The lowest BCUT2D eigenvalue weighted by atomic mass is 10.1. The van der Waals surface area contributed by atoms with Gasteiger partial charge in [0.2, 0.25) is 0 Å². The lowest BCUT2D eigenvalue weighted by Crippen LogP contribution is -2.17. The molecule has 0 saturated carbocycles. The maximum Gasteiger partial charge on any atom is 0.123 e. The minimum Gasteiger partial charge on any atom is -0.296 e. The minimum atomic E-state index is 0.847. The summed E-state index contributed by atoms with van der Waals surface area (Å²) in [5.74, 6) is 0. The van der Waals surface area contributed by atoms with Crippen LogP contribution in [-0.2, 0) is 19.6 Å². The van der Waals surface area contributed by atoms with Crippen LogP contribution in [0.15, 0.2) is 42.0 Å². The van der Waals surface area contributed by atoms with E-state index in [0.29, 0.717) is 0 Å². The van der Waals surface area contributed by atoms with Crippen LogP contribution in [0.5, 0.6) is 0 Å². The Morgan fingerprint density at radius 2 is 2.04 bits per heavy atom. The fourth-order valence-electron chi connectivity index (χ4n) is 2.62. The highest BCUT2D eigenvalue weighted by molar-refractivity contribution is 7.13. The molecular weight excluding hydrogens is 304 g/mol. The van der Waals surface area contributed by atoms with E-state index < -0.39 is 0 Å². The maximum absolute atomic E-state index is 4.80. The van der Waals surface area contributed by atoms with Crippen molar-refractivity contribution in [2.45, 2.75) is 33.5 Å². The number of hydrogen-bond donors (Lipinski definition) is 0. The number of hydrogen-bond acceptors (Lipinski definition) is 4. The predicted molar refractivity (Wildman–Crippen MR) is 95.4 cm³/mol. The minimum absolute atomic E-state index is 0.847. The molecule has 120 valence electrons. The smallest absolute Gasteiger partial charge is 0.123 e. The van der Waals surface area contributed by atoms with Gasteiger partial charge in [-0.3, -0.25) is 9.58 Å². The van der Waals surface area contributed by atoms with Crippen molar-refractivity contribution in [2.24, 2.45) is 0 Å². The lowest BCUT2D eigenvalue weighted by Gasteiger charge is -2.13. The molecule has 3 aromatic rings. The van der Waals surface area contributed by atoms with Crippen molar-refractivity contribution >= 4 is 11.3 Å². The molecule has 2 aromatic heterocycles. The number of nitrogens with zero attached hydrogens (tertiary/aromatic N) is 4. The molecule has 0 aliphatic carbocycles. The van der Waals surface area contributed by atoms with Gasteiger partial charge in [-0.15, -0.1) is 11.3 Å². The van der Waals surface area contributed by atoms with E-state index in [2.05, 4.69) is 66.7 Å². The molecule has 0 bridgehead atoms. The van der Waals surface area contributed by atoms with Gasteiger partial charge in [0.1, 0.15) is 5.01 Å². The largest absolute Gasteiger partial charge is 0.296 e. The van der Waals surface area contributed by atoms with Gasteiger partial charge in [0.15, 0.2) is 0 Å². The number of aryl methyl sites for hydroxylation is 2. The fraction of sp³-hybridized carbons (Fsp3) is 0.333. The first-order valence-electron chi connectivity index (χ1n) is 7.86. The second-order valence-electron chi connectivity index (χ2n) is 5.84. The summed E-state index contributed by atoms with van der Waals surface area (Å²) in [7, 11) is 2.12. The Morgan fingerprint density at radius 1 is 1.22 bits per heavy atom. The van der Waals surface area contributed by atoms with Crippen LogP contribution in [0.2, 0.25) is 0 Å². The molecule has 2 heterocycles. The highest BCUT2D eigenvalue weighted by Gasteiger charge is 2.09. The van der Waals surface area contributed by atoms with Gasteiger partial charge in [-0.25, -0.2) is 4.98 Å². The third-order valence-electron chi connectivity index (χ3n) is 3.82. The topological polar surface area (TPSA) is 34.0 Å². The van der Waals surface area contributed by atoms with Crippen LogP contribution >= 0.6 is 11.3 Å². The van der Waals surface area contributed by atoms with Crippen LogP contribution in [0.3, 0.4) is 0 Å². The monoisotopic (exact) mass is 326 g/mol. The third-order valence-corrected chi connectivity index (χ3v) is 4.75. The van der Waals surface area contributed by atoms with Crippen molar-refractivity contribution in [3.8, 4) is 10.6 Å².